The van der Waals surface area contributed by atoms with Gasteiger partial charge in [0, 0.05) is 0 Å². The minimum absolute atomic E-state index is 0.00426. The Kier molecular flexibility index (Phi) is 7.84. The molecule has 0 aliphatic carbocycles. The van der Waals surface area contributed by atoms with Crippen molar-refractivity contribution in [3.63, 3.8) is 0 Å². The van der Waals surface area contributed by atoms with Gasteiger partial charge >= 0.3 is 18.0 Å². The molecule has 0 atom stereocenters. The molecule has 0 radical (unpaired) electrons. The highest BCUT2D eigenvalue weighted by molar-refractivity contribution is 7.20. The van der Waals surface area contributed by atoms with E-state index < -0.39 is 40.5 Å². The first-order valence-corrected chi connectivity index (χ1v) is 10.0. The van der Waals surface area contributed by atoms with E-state index in [-0.39, 0.29) is 15.2 Å². The van der Waals surface area contributed by atoms with Crippen LogP contribution in [0.15, 0.2) is 5.16 Å². The zero-order valence-corrected chi connectivity index (χ0v) is 19.6. The Balaban J connectivity index is 3.08. The van der Waals surface area contributed by atoms with Crippen LogP contribution in [-0.4, -0.2) is 50.6 Å². The summed E-state index contributed by atoms with van der Waals surface area (Å²) in [7, 11) is 0. The SMILES string of the molecule is CC(C)(C)OC(=O)Nc1nc(C(=NOC(C)(C)C(=O)OC(C)(C)C)C(=O)O)c(Cl)s1. The highest BCUT2D eigenvalue weighted by Crippen LogP contribution is 2.29. The van der Waals surface area contributed by atoms with Crippen LogP contribution >= 0.6 is 22.9 Å². The van der Waals surface area contributed by atoms with Gasteiger partial charge in [0.05, 0.1) is 0 Å². The molecule has 0 aliphatic rings. The van der Waals surface area contributed by atoms with E-state index in [0.29, 0.717) is 0 Å². The van der Waals surface area contributed by atoms with E-state index in [9.17, 15) is 19.5 Å². The fraction of sp³-hybridized carbons (Fsp3) is 0.611. The zero-order chi connectivity index (χ0) is 23.5. The van der Waals surface area contributed by atoms with Gasteiger partial charge in [0.2, 0.25) is 11.3 Å². The largest absolute Gasteiger partial charge is 0.476 e. The molecule has 1 amide bonds. The number of hydrogen-bond donors (Lipinski definition) is 2. The third-order valence-corrected chi connectivity index (χ3v) is 4.05. The van der Waals surface area contributed by atoms with Crippen LogP contribution in [0.2, 0.25) is 4.34 Å². The van der Waals surface area contributed by atoms with Gasteiger partial charge < -0.3 is 19.4 Å². The Hall–Kier alpha value is -2.40. The molecule has 1 rings (SSSR count). The van der Waals surface area contributed by atoms with Crippen LogP contribution in [0.5, 0.6) is 0 Å². The number of hydrogen-bond acceptors (Lipinski definition) is 9. The Labute approximate surface area is 183 Å². The second-order valence-corrected chi connectivity index (χ2v) is 10.2. The van der Waals surface area contributed by atoms with Crippen LogP contribution in [-0.2, 0) is 23.9 Å². The van der Waals surface area contributed by atoms with E-state index >= 15 is 0 Å². The normalized spacial score (nSPS) is 12.9. The number of esters is 1. The monoisotopic (exact) mass is 463 g/mol. The number of halogens is 1. The number of anilines is 1. The number of ether oxygens (including phenoxy) is 2. The summed E-state index contributed by atoms with van der Waals surface area (Å²) >= 11 is 6.89. The fourth-order valence-electron chi connectivity index (χ4n) is 1.67. The summed E-state index contributed by atoms with van der Waals surface area (Å²) < 4.78 is 10.3. The summed E-state index contributed by atoms with van der Waals surface area (Å²) in [6.45, 7) is 12.9. The van der Waals surface area contributed by atoms with E-state index in [1.165, 1.54) is 13.8 Å². The van der Waals surface area contributed by atoms with E-state index in [1.807, 2.05) is 0 Å². The lowest BCUT2D eigenvalue weighted by molar-refractivity contribution is -0.179. The average Bonchev–Trinajstić information content (AvgIpc) is 2.83. The Morgan fingerprint density at radius 1 is 1.03 bits per heavy atom. The van der Waals surface area contributed by atoms with Crippen molar-refractivity contribution in [3.05, 3.63) is 10.0 Å². The lowest BCUT2D eigenvalue weighted by atomic mass is 10.1. The summed E-state index contributed by atoms with van der Waals surface area (Å²) in [4.78, 5) is 44.9. The van der Waals surface area contributed by atoms with Crippen LogP contribution in [0.3, 0.4) is 0 Å². The fourth-order valence-corrected chi connectivity index (χ4v) is 2.70. The van der Waals surface area contributed by atoms with Gasteiger partial charge in [-0.1, -0.05) is 28.1 Å². The number of oxime groups is 1. The first-order valence-electron chi connectivity index (χ1n) is 8.81. The topological polar surface area (TPSA) is 136 Å². The van der Waals surface area contributed by atoms with Gasteiger partial charge in [-0.3, -0.25) is 5.32 Å². The molecule has 1 aromatic rings. The smallest absolute Gasteiger partial charge is 0.413 e. The summed E-state index contributed by atoms with van der Waals surface area (Å²) in [5.74, 6) is -2.23. The maximum atomic E-state index is 12.2. The molecule has 0 saturated heterocycles. The molecule has 12 heteroatoms. The average molecular weight is 464 g/mol. The van der Waals surface area contributed by atoms with Crippen LogP contribution in [0.1, 0.15) is 61.1 Å². The summed E-state index contributed by atoms with van der Waals surface area (Å²) in [6.07, 6.45) is -0.782. The minimum Gasteiger partial charge on any atom is -0.476 e. The van der Waals surface area contributed by atoms with Crippen molar-refractivity contribution in [3.8, 4) is 0 Å². The molecule has 30 heavy (non-hydrogen) atoms. The van der Waals surface area contributed by atoms with E-state index in [1.54, 1.807) is 41.5 Å². The van der Waals surface area contributed by atoms with Gasteiger partial charge in [-0.2, -0.15) is 0 Å². The van der Waals surface area contributed by atoms with Crippen LogP contribution in [0.4, 0.5) is 9.93 Å². The molecule has 0 saturated carbocycles. The van der Waals surface area contributed by atoms with Gasteiger partial charge in [0.1, 0.15) is 21.2 Å². The van der Waals surface area contributed by atoms with Crippen molar-refractivity contribution >= 4 is 51.8 Å². The number of carboxylic acids is 1. The number of thiazole rings is 1. The number of aromatic nitrogens is 1. The molecule has 0 bridgehead atoms. The number of nitrogens with zero attached hydrogens (tertiary/aromatic N) is 2. The third kappa shape index (κ3) is 8.15. The number of amides is 1. The van der Waals surface area contributed by atoms with Gasteiger partial charge in [0.25, 0.3) is 0 Å². The number of carbonyl (C=O) groups is 3. The molecule has 168 valence electrons. The zero-order valence-electron chi connectivity index (χ0n) is 18.1. The molecular formula is C18H26ClN3O7S. The van der Waals surface area contributed by atoms with Crippen molar-refractivity contribution < 1.29 is 33.8 Å². The number of carbonyl (C=O) groups excluding carboxylic acids is 2. The van der Waals surface area contributed by atoms with Crippen molar-refractivity contribution in [2.45, 2.75) is 72.2 Å². The van der Waals surface area contributed by atoms with E-state index in [2.05, 4.69) is 15.5 Å². The van der Waals surface area contributed by atoms with Crippen molar-refractivity contribution in [1.29, 1.82) is 0 Å². The van der Waals surface area contributed by atoms with Gasteiger partial charge in [-0.25, -0.2) is 19.4 Å². The molecule has 10 nitrogen and oxygen atoms in total. The Bertz CT molecular complexity index is 851. The lowest BCUT2D eigenvalue weighted by Crippen LogP contribution is -2.40. The molecule has 2 N–H and O–H groups in total. The van der Waals surface area contributed by atoms with Crippen molar-refractivity contribution in [2.75, 3.05) is 5.32 Å². The van der Waals surface area contributed by atoms with Gasteiger partial charge in [0.15, 0.2) is 5.13 Å². The maximum Gasteiger partial charge on any atom is 0.413 e. The molecule has 0 aromatic carbocycles. The molecule has 0 spiro atoms. The van der Waals surface area contributed by atoms with Crippen LogP contribution < -0.4 is 5.32 Å². The predicted molar refractivity (Wildman–Crippen MR) is 112 cm³/mol. The molecule has 0 unspecified atom stereocenters. The quantitative estimate of drug-likeness (QED) is 0.366. The number of nitrogens with one attached hydrogen (secondary N) is 1. The highest BCUT2D eigenvalue weighted by atomic mass is 35.5. The first kappa shape index (κ1) is 25.6. The Morgan fingerprint density at radius 3 is 2.03 bits per heavy atom. The third-order valence-electron chi connectivity index (χ3n) is 2.88. The van der Waals surface area contributed by atoms with Crippen molar-refractivity contribution in [2.24, 2.45) is 5.16 Å². The molecular weight excluding hydrogens is 438 g/mol. The minimum atomic E-state index is -1.58. The lowest BCUT2D eigenvalue weighted by Gasteiger charge is -2.26. The van der Waals surface area contributed by atoms with Crippen LogP contribution in [0, 0.1) is 0 Å². The molecule has 1 aromatic heterocycles. The van der Waals surface area contributed by atoms with Crippen LogP contribution in [0.25, 0.3) is 0 Å². The van der Waals surface area contributed by atoms with Gasteiger partial charge in [-0.05, 0) is 55.4 Å². The second-order valence-electron chi connectivity index (χ2n) is 8.62. The summed E-state index contributed by atoms with van der Waals surface area (Å²) in [6, 6.07) is 0. The molecule has 1 heterocycles. The van der Waals surface area contributed by atoms with E-state index in [4.69, 9.17) is 25.9 Å². The molecule has 0 aliphatic heterocycles. The van der Waals surface area contributed by atoms with E-state index in [0.717, 1.165) is 11.3 Å². The van der Waals surface area contributed by atoms with Crippen molar-refractivity contribution in [1.82, 2.24) is 4.98 Å². The number of carboxylic acid groups (broad SMARTS) is 1. The predicted octanol–water partition coefficient (Wildman–Crippen LogP) is 4.07. The first-order chi connectivity index (χ1) is 13.4. The standard InChI is InChI=1S/C18H26ClN3O7S/c1-16(2,3)27-13(25)18(7,8)29-22-10(12(23)24)9-11(19)30-14(20-9)21-15(26)28-17(4,5)6/h1-8H3,(H,23,24)(H,20,21,26). The molecule has 0 fully saturated rings. The van der Waals surface area contributed by atoms with Gasteiger partial charge in [-0.15, -0.1) is 0 Å². The Morgan fingerprint density at radius 2 is 1.57 bits per heavy atom. The number of rotatable bonds is 6. The second kappa shape index (κ2) is 9.17. The summed E-state index contributed by atoms with van der Waals surface area (Å²) in [5, 5.41) is 15.4. The summed E-state index contributed by atoms with van der Waals surface area (Å²) in [5.41, 5.74) is -3.96. The highest BCUT2D eigenvalue weighted by Gasteiger charge is 2.36. The number of aliphatic carboxylic acids is 1. The maximum absolute atomic E-state index is 12.2.